The summed E-state index contributed by atoms with van der Waals surface area (Å²) in [5.74, 6) is 0.0532. The van der Waals surface area contributed by atoms with Crippen LogP contribution in [0.5, 0.6) is 0 Å². The van der Waals surface area contributed by atoms with Crippen LogP contribution in [0.25, 0.3) is 0 Å². The SMILES string of the molecule is O=C(c1cccc2c1NCCC2)N1C[C@H](O)[C@@]2(C1)[C@H](CO)[C@H]2c1ccccc1. The van der Waals surface area contributed by atoms with Crippen LogP contribution in [0.3, 0.4) is 0 Å². The number of rotatable bonds is 3. The van der Waals surface area contributed by atoms with Crippen LogP contribution in [0, 0.1) is 11.3 Å². The number of amides is 1. The highest BCUT2D eigenvalue weighted by Gasteiger charge is 2.71. The fraction of sp³-hybridized carbons (Fsp3) is 0.435. The Hall–Kier alpha value is -2.37. The highest BCUT2D eigenvalue weighted by Crippen LogP contribution is 2.68. The zero-order chi connectivity index (χ0) is 19.3. The number of carbonyl (C=O) groups excluding carboxylic acids is 1. The third-order valence-electron chi connectivity index (χ3n) is 6.99. The molecule has 1 aliphatic carbocycles. The van der Waals surface area contributed by atoms with E-state index >= 15 is 0 Å². The summed E-state index contributed by atoms with van der Waals surface area (Å²) in [6.45, 7) is 1.72. The summed E-state index contributed by atoms with van der Waals surface area (Å²) in [6, 6.07) is 16.0. The van der Waals surface area contributed by atoms with E-state index < -0.39 is 11.5 Å². The molecule has 5 nitrogen and oxygen atoms in total. The Bertz CT molecular complexity index is 900. The van der Waals surface area contributed by atoms with Gasteiger partial charge in [0, 0.05) is 31.7 Å². The number of nitrogens with zero attached hydrogens (tertiary/aromatic N) is 1. The van der Waals surface area contributed by atoms with E-state index in [2.05, 4.69) is 23.5 Å². The van der Waals surface area contributed by atoms with E-state index in [4.69, 9.17) is 0 Å². The molecule has 0 aromatic heterocycles. The average Bonchev–Trinajstić information content (AvgIpc) is 3.28. The first-order valence-electron chi connectivity index (χ1n) is 10.2. The molecule has 1 spiro atoms. The lowest BCUT2D eigenvalue weighted by Crippen LogP contribution is -2.31. The fourth-order valence-corrected chi connectivity index (χ4v) is 5.58. The van der Waals surface area contributed by atoms with Crippen molar-refractivity contribution >= 4 is 11.6 Å². The smallest absolute Gasteiger partial charge is 0.256 e. The summed E-state index contributed by atoms with van der Waals surface area (Å²) >= 11 is 0. The highest BCUT2D eigenvalue weighted by molar-refractivity contribution is 6.00. The number of para-hydroxylation sites is 1. The third kappa shape index (κ3) is 2.50. The molecule has 1 saturated heterocycles. The Balaban J connectivity index is 1.43. The average molecular weight is 378 g/mol. The molecule has 2 aromatic rings. The van der Waals surface area contributed by atoms with Gasteiger partial charge in [0.1, 0.15) is 0 Å². The van der Waals surface area contributed by atoms with E-state index in [1.165, 1.54) is 5.56 Å². The van der Waals surface area contributed by atoms with Crippen molar-refractivity contribution in [1.82, 2.24) is 4.90 Å². The summed E-state index contributed by atoms with van der Waals surface area (Å²) in [6.07, 6.45) is 1.44. The molecule has 4 atom stereocenters. The number of nitrogens with one attached hydrogen (secondary N) is 1. The number of hydrogen-bond donors (Lipinski definition) is 3. The Labute approximate surface area is 165 Å². The van der Waals surface area contributed by atoms with E-state index in [0.717, 1.165) is 30.6 Å². The number of anilines is 1. The number of fused-ring (bicyclic) bond motifs is 1. The van der Waals surface area contributed by atoms with Gasteiger partial charge in [-0.3, -0.25) is 4.79 Å². The fourth-order valence-electron chi connectivity index (χ4n) is 5.58. The van der Waals surface area contributed by atoms with Crippen molar-refractivity contribution in [3.05, 3.63) is 65.2 Å². The quantitative estimate of drug-likeness (QED) is 0.766. The van der Waals surface area contributed by atoms with Gasteiger partial charge in [-0.15, -0.1) is 0 Å². The molecule has 0 unspecified atom stereocenters. The van der Waals surface area contributed by atoms with Gasteiger partial charge in [0.2, 0.25) is 0 Å². The van der Waals surface area contributed by atoms with Crippen molar-refractivity contribution in [3.8, 4) is 0 Å². The van der Waals surface area contributed by atoms with Gasteiger partial charge >= 0.3 is 0 Å². The van der Waals surface area contributed by atoms with Gasteiger partial charge in [-0.2, -0.15) is 0 Å². The maximum atomic E-state index is 13.3. The van der Waals surface area contributed by atoms with Crippen LogP contribution in [-0.2, 0) is 6.42 Å². The first kappa shape index (κ1) is 17.7. The van der Waals surface area contributed by atoms with Crippen LogP contribution in [0.15, 0.2) is 48.5 Å². The van der Waals surface area contributed by atoms with E-state index in [-0.39, 0.29) is 24.3 Å². The maximum Gasteiger partial charge on any atom is 0.256 e. The normalized spacial score (nSPS) is 30.8. The number of likely N-dealkylation sites (tertiary alicyclic amines) is 1. The second kappa shape index (κ2) is 6.61. The minimum atomic E-state index is -0.619. The van der Waals surface area contributed by atoms with E-state index in [9.17, 15) is 15.0 Å². The zero-order valence-corrected chi connectivity index (χ0v) is 15.8. The molecular formula is C23H26N2O3. The van der Waals surface area contributed by atoms with Gasteiger partial charge in [-0.05, 0) is 41.9 Å². The van der Waals surface area contributed by atoms with Gasteiger partial charge in [-0.1, -0.05) is 42.5 Å². The molecule has 3 aliphatic rings. The monoisotopic (exact) mass is 378 g/mol. The van der Waals surface area contributed by atoms with Crippen LogP contribution in [0.2, 0.25) is 0 Å². The molecular weight excluding hydrogens is 352 g/mol. The topological polar surface area (TPSA) is 72.8 Å². The Morgan fingerprint density at radius 3 is 2.79 bits per heavy atom. The second-order valence-electron chi connectivity index (χ2n) is 8.36. The predicted molar refractivity (Wildman–Crippen MR) is 107 cm³/mol. The van der Waals surface area contributed by atoms with Crippen LogP contribution in [0.1, 0.15) is 33.8 Å². The molecule has 2 heterocycles. The van der Waals surface area contributed by atoms with Crippen LogP contribution >= 0.6 is 0 Å². The number of aliphatic hydroxyl groups excluding tert-OH is 2. The van der Waals surface area contributed by atoms with Crippen LogP contribution in [0.4, 0.5) is 5.69 Å². The summed E-state index contributed by atoms with van der Waals surface area (Å²) in [4.78, 5) is 15.1. The number of β-amino-alcohol motifs (C(OH)–C–C–N with tert-alkyl or cyclic N) is 1. The molecule has 5 rings (SSSR count). The molecule has 1 amide bonds. The lowest BCUT2D eigenvalue weighted by molar-refractivity contribution is 0.0764. The lowest BCUT2D eigenvalue weighted by Gasteiger charge is -2.23. The highest BCUT2D eigenvalue weighted by atomic mass is 16.3. The lowest BCUT2D eigenvalue weighted by atomic mass is 9.95. The third-order valence-corrected chi connectivity index (χ3v) is 6.99. The summed E-state index contributed by atoms with van der Waals surface area (Å²) in [5, 5.41) is 24.3. The largest absolute Gasteiger partial charge is 0.396 e. The second-order valence-corrected chi connectivity index (χ2v) is 8.36. The molecule has 1 saturated carbocycles. The maximum absolute atomic E-state index is 13.3. The van der Waals surface area contributed by atoms with E-state index in [1.807, 2.05) is 30.3 Å². The van der Waals surface area contributed by atoms with Gasteiger partial charge in [0.25, 0.3) is 5.91 Å². The van der Waals surface area contributed by atoms with Crippen molar-refractivity contribution in [2.45, 2.75) is 24.9 Å². The van der Waals surface area contributed by atoms with Crippen LogP contribution < -0.4 is 5.32 Å². The number of carbonyl (C=O) groups is 1. The molecule has 0 radical (unpaired) electrons. The van der Waals surface area contributed by atoms with E-state index in [1.54, 1.807) is 4.90 Å². The molecule has 5 heteroatoms. The Kier molecular flexibility index (Phi) is 4.18. The van der Waals surface area contributed by atoms with Crippen molar-refractivity contribution in [3.63, 3.8) is 0 Å². The van der Waals surface area contributed by atoms with E-state index in [0.29, 0.717) is 18.7 Å². The Morgan fingerprint density at radius 2 is 2.00 bits per heavy atom. The number of aryl methyl sites for hydroxylation is 1. The number of hydrogen-bond acceptors (Lipinski definition) is 4. The minimum absolute atomic E-state index is 0.00878. The van der Waals surface area contributed by atoms with Gasteiger partial charge < -0.3 is 20.4 Å². The number of aliphatic hydroxyl groups is 2. The molecule has 28 heavy (non-hydrogen) atoms. The van der Waals surface area contributed by atoms with Crippen molar-refractivity contribution in [2.24, 2.45) is 11.3 Å². The van der Waals surface area contributed by atoms with Crippen molar-refractivity contribution in [2.75, 3.05) is 31.6 Å². The molecule has 2 aromatic carbocycles. The summed E-state index contributed by atoms with van der Waals surface area (Å²) < 4.78 is 0. The molecule has 0 bridgehead atoms. The van der Waals surface area contributed by atoms with Crippen molar-refractivity contribution < 1.29 is 15.0 Å². The standard InChI is InChI=1S/C23H26N2O3/c26-13-18-20(15-6-2-1-3-7-15)23(18)14-25(12-19(23)27)22(28)17-10-4-8-16-9-5-11-24-21(16)17/h1-4,6-8,10,18-20,24,26-27H,5,9,11-14H2/t18-,19+,20-,23-/m1/s1. The van der Waals surface area contributed by atoms with Crippen molar-refractivity contribution in [1.29, 1.82) is 0 Å². The zero-order valence-electron chi connectivity index (χ0n) is 15.8. The first-order chi connectivity index (χ1) is 13.7. The van der Waals surface area contributed by atoms with Gasteiger partial charge in [0.15, 0.2) is 0 Å². The van der Waals surface area contributed by atoms with Crippen LogP contribution in [-0.4, -0.2) is 53.4 Å². The first-order valence-corrected chi connectivity index (χ1v) is 10.2. The van der Waals surface area contributed by atoms with Gasteiger partial charge in [-0.25, -0.2) is 0 Å². The Morgan fingerprint density at radius 1 is 1.18 bits per heavy atom. The van der Waals surface area contributed by atoms with Gasteiger partial charge in [0.05, 0.1) is 17.4 Å². The summed E-state index contributed by atoms with van der Waals surface area (Å²) in [5.41, 5.74) is 3.53. The minimum Gasteiger partial charge on any atom is -0.396 e. The molecule has 146 valence electrons. The molecule has 2 aliphatic heterocycles. The molecule has 2 fully saturated rings. The predicted octanol–water partition coefficient (Wildman–Crippen LogP) is 2.25. The number of benzene rings is 2. The molecule has 3 N–H and O–H groups in total. The summed E-state index contributed by atoms with van der Waals surface area (Å²) in [7, 11) is 0.